The minimum absolute atomic E-state index is 0.00397. The number of nitro groups is 1. The van der Waals surface area contributed by atoms with E-state index < -0.39 is 40.3 Å². The first-order valence-electron chi connectivity index (χ1n) is 9.24. The molecule has 1 saturated heterocycles. The molecule has 4 atom stereocenters. The van der Waals surface area contributed by atoms with Crippen LogP contribution in [0.4, 0.5) is 5.69 Å². The van der Waals surface area contributed by atoms with Gasteiger partial charge >= 0.3 is 5.97 Å². The maximum Gasteiger partial charge on any atom is 0.303 e. The molecule has 10 heteroatoms. The Hall–Kier alpha value is -2.68. The quantitative estimate of drug-likeness (QED) is 0.474. The monoisotopic (exact) mass is 449 g/mol. The molecule has 0 aliphatic carbocycles. The van der Waals surface area contributed by atoms with Crippen LogP contribution in [0.2, 0.25) is 10.0 Å². The van der Waals surface area contributed by atoms with Crippen LogP contribution in [-0.2, 0) is 15.1 Å². The maximum atomic E-state index is 13.3. The highest BCUT2D eigenvalue weighted by Crippen LogP contribution is 2.53. The minimum Gasteiger partial charge on any atom is -0.481 e. The van der Waals surface area contributed by atoms with Crippen molar-refractivity contribution in [3.05, 3.63) is 73.8 Å². The number of nitrogens with zero attached hydrogens (tertiary/aromatic N) is 1. The molecule has 1 fully saturated rings. The van der Waals surface area contributed by atoms with Crippen molar-refractivity contribution in [3.8, 4) is 0 Å². The summed E-state index contributed by atoms with van der Waals surface area (Å²) in [5.74, 6) is -2.43. The average Bonchev–Trinajstić information content (AvgIpc) is 3.15. The van der Waals surface area contributed by atoms with Crippen LogP contribution < -0.4 is 10.6 Å². The smallest absolute Gasteiger partial charge is 0.303 e. The van der Waals surface area contributed by atoms with Crippen molar-refractivity contribution < 1.29 is 19.6 Å². The average molecular weight is 450 g/mol. The lowest BCUT2D eigenvalue weighted by atomic mass is 9.74. The third-order valence-corrected chi connectivity index (χ3v) is 6.24. The summed E-state index contributed by atoms with van der Waals surface area (Å²) in [5.41, 5.74) is 0.0675. The van der Waals surface area contributed by atoms with E-state index >= 15 is 0 Å². The van der Waals surface area contributed by atoms with Crippen molar-refractivity contribution >= 4 is 40.8 Å². The Morgan fingerprint density at radius 1 is 1.20 bits per heavy atom. The number of hydrogen-bond donors (Lipinski definition) is 3. The van der Waals surface area contributed by atoms with Crippen molar-refractivity contribution in [2.45, 2.75) is 36.4 Å². The van der Waals surface area contributed by atoms with Gasteiger partial charge in [0, 0.05) is 32.6 Å². The van der Waals surface area contributed by atoms with Crippen LogP contribution in [0.3, 0.4) is 0 Å². The van der Waals surface area contributed by atoms with E-state index in [4.69, 9.17) is 28.3 Å². The lowest BCUT2D eigenvalue weighted by Crippen LogP contribution is -2.49. The van der Waals surface area contributed by atoms with Gasteiger partial charge in [-0.2, -0.15) is 0 Å². The van der Waals surface area contributed by atoms with Crippen LogP contribution in [0, 0.1) is 10.1 Å². The van der Waals surface area contributed by atoms with Crippen molar-refractivity contribution in [1.82, 2.24) is 5.32 Å². The SMILES string of the molecule is O=C(O)CC[C@@H]1N[C@@]2(C(=O)Nc3cc(Cl)ccc32)[C@@H](c2cccc(Cl)c2)[C@@H]1[N+](=O)[O-]. The summed E-state index contributed by atoms with van der Waals surface area (Å²) in [7, 11) is 0. The number of carboxylic acid groups (broad SMARTS) is 1. The molecule has 0 aromatic heterocycles. The van der Waals surface area contributed by atoms with E-state index in [9.17, 15) is 19.7 Å². The number of carboxylic acids is 1. The molecule has 4 rings (SSSR count). The Kier molecular flexibility index (Phi) is 5.17. The number of hydrogen-bond acceptors (Lipinski definition) is 5. The van der Waals surface area contributed by atoms with Gasteiger partial charge in [-0.05, 0) is 36.2 Å². The molecule has 0 bridgehead atoms. The van der Waals surface area contributed by atoms with Gasteiger partial charge < -0.3 is 10.4 Å². The highest BCUT2D eigenvalue weighted by Gasteiger charge is 2.66. The number of halogens is 2. The predicted molar refractivity (Wildman–Crippen MR) is 111 cm³/mol. The molecule has 2 heterocycles. The van der Waals surface area contributed by atoms with Crippen molar-refractivity contribution in [2.75, 3.05) is 5.32 Å². The number of anilines is 1. The highest BCUT2D eigenvalue weighted by atomic mass is 35.5. The summed E-state index contributed by atoms with van der Waals surface area (Å²) in [5, 5.41) is 28.0. The van der Waals surface area contributed by atoms with E-state index in [1.165, 1.54) is 0 Å². The summed E-state index contributed by atoms with van der Waals surface area (Å²) in [4.78, 5) is 36.2. The molecule has 0 unspecified atom stereocenters. The lowest BCUT2D eigenvalue weighted by Gasteiger charge is -2.29. The number of fused-ring (bicyclic) bond motifs is 2. The number of aliphatic carboxylic acids is 1. The molecule has 2 aliphatic heterocycles. The first-order chi connectivity index (χ1) is 14.2. The van der Waals surface area contributed by atoms with E-state index in [0.717, 1.165) is 0 Å². The number of benzene rings is 2. The molecule has 0 saturated carbocycles. The number of nitrogens with one attached hydrogen (secondary N) is 2. The fourth-order valence-corrected chi connectivity index (χ4v) is 5.02. The Labute approximate surface area is 181 Å². The van der Waals surface area contributed by atoms with Gasteiger partial charge in [0.1, 0.15) is 5.54 Å². The van der Waals surface area contributed by atoms with Gasteiger partial charge in [-0.1, -0.05) is 41.4 Å². The highest BCUT2D eigenvalue weighted by molar-refractivity contribution is 6.31. The molecule has 30 heavy (non-hydrogen) atoms. The zero-order chi connectivity index (χ0) is 21.6. The third-order valence-electron chi connectivity index (χ3n) is 5.77. The molecule has 8 nitrogen and oxygen atoms in total. The molecule has 2 aromatic rings. The summed E-state index contributed by atoms with van der Waals surface area (Å²) in [6.45, 7) is 0. The molecule has 1 amide bonds. The summed E-state index contributed by atoms with van der Waals surface area (Å²) in [6.07, 6.45) is -0.272. The number of rotatable bonds is 5. The molecule has 3 N–H and O–H groups in total. The fraction of sp³-hybridized carbons (Fsp3) is 0.300. The van der Waals surface area contributed by atoms with Crippen LogP contribution in [0.1, 0.15) is 29.9 Å². The van der Waals surface area contributed by atoms with Crippen LogP contribution in [0.15, 0.2) is 42.5 Å². The Morgan fingerprint density at radius 3 is 2.60 bits per heavy atom. The largest absolute Gasteiger partial charge is 0.481 e. The summed E-state index contributed by atoms with van der Waals surface area (Å²) >= 11 is 12.2. The topological polar surface area (TPSA) is 122 Å². The first kappa shape index (κ1) is 20.6. The van der Waals surface area contributed by atoms with E-state index in [-0.39, 0.29) is 12.8 Å². The first-order valence-corrected chi connectivity index (χ1v) is 9.99. The molecule has 156 valence electrons. The van der Waals surface area contributed by atoms with Crippen molar-refractivity contribution in [1.29, 1.82) is 0 Å². The second-order valence-electron chi connectivity index (χ2n) is 7.44. The van der Waals surface area contributed by atoms with E-state index in [1.807, 2.05) is 0 Å². The Morgan fingerprint density at radius 2 is 1.93 bits per heavy atom. The number of carbonyl (C=O) groups is 2. The lowest BCUT2D eigenvalue weighted by molar-refractivity contribution is -0.527. The Bertz CT molecular complexity index is 1060. The van der Waals surface area contributed by atoms with Crippen LogP contribution >= 0.6 is 23.2 Å². The van der Waals surface area contributed by atoms with Crippen LogP contribution in [0.5, 0.6) is 0 Å². The van der Waals surface area contributed by atoms with Crippen LogP contribution in [-0.4, -0.2) is 34.0 Å². The third kappa shape index (κ3) is 3.21. The van der Waals surface area contributed by atoms with E-state index in [0.29, 0.717) is 26.9 Å². The zero-order valence-corrected chi connectivity index (χ0v) is 17.0. The molecule has 0 radical (unpaired) electrons. The zero-order valence-electron chi connectivity index (χ0n) is 15.5. The standard InChI is InChI=1S/C20H17Cl2N3O5/c21-11-3-1-2-10(8-11)17-18(25(29)30)14(6-7-16(26)27)24-20(17)13-5-4-12(22)9-15(13)23-19(20)28/h1-5,8-9,14,17-18,24H,6-7H2,(H,23,28)(H,26,27)/t14-,17-,18+,20+/m0/s1. The van der Waals surface area contributed by atoms with Gasteiger partial charge in [-0.25, -0.2) is 0 Å². The van der Waals surface area contributed by atoms with Gasteiger partial charge in [0.25, 0.3) is 0 Å². The van der Waals surface area contributed by atoms with Gasteiger partial charge in [0.05, 0.1) is 12.0 Å². The van der Waals surface area contributed by atoms with Gasteiger partial charge in [0.2, 0.25) is 11.9 Å². The summed E-state index contributed by atoms with van der Waals surface area (Å²) in [6, 6.07) is 9.40. The Balaban J connectivity index is 1.92. The second kappa shape index (κ2) is 7.54. The molecule has 1 spiro atoms. The predicted octanol–water partition coefficient (Wildman–Crippen LogP) is 3.41. The van der Waals surface area contributed by atoms with E-state index in [2.05, 4.69) is 10.6 Å². The molecule has 2 aliphatic rings. The summed E-state index contributed by atoms with van der Waals surface area (Å²) < 4.78 is 0. The van der Waals surface area contributed by atoms with Crippen molar-refractivity contribution in [3.63, 3.8) is 0 Å². The van der Waals surface area contributed by atoms with Gasteiger partial charge in [0.15, 0.2) is 0 Å². The maximum absolute atomic E-state index is 13.3. The van der Waals surface area contributed by atoms with Crippen molar-refractivity contribution in [2.24, 2.45) is 0 Å². The molecular weight excluding hydrogens is 433 g/mol. The minimum atomic E-state index is -1.45. The van der Waals surface area contributed by atoms with Gasteiger partial charge in [-0.15, -0.1) is 0 Å². The number of carbonyl (C=O) groups excluding carboxylic acids is 1. The number of amides is 1. The van der Waals surface area contributed by atoms with Crippen LogP contribution in [0.25, 0.3) is 0 Å². The van der Waals surface area contributed by atoms with Gasteiger partial charge in [-0.3, -0.25) is 25.0 Å². The normalized spacial score (nSPS) is 27.1. The molecule has 2 aromatic carbocycles. The van der Waals surface area contributed by atoms with E-state index in [1.54, 1.807) is 42.5 Å². The molecular formula is C20H17Cl2N3O5. The fourth-order valence-electron chi connectivity index (χ4n) is 4.65. The second-order valence-corrected chi connectivity index (χ2v) is 8.32.